The van der Waals surface area contributed by atoms with Crippen molar-refractivity contribution < 1.29 is 27.5 Å². The molecule has 0 saturated carbocycles. The summed E-state index contributed by atoms with van der Waals surface area (Å²) in [6, 6.07) is -2.23. The van der Waals surface area contributed by atoms with Gasteiger partial charge in [0.1, 0.15) is 6.04 Å². The predicted octanol–water partition coefficient (Wildman–Crippen LogP) is 2.59. The summed E-state index contributed by atoms with van der Waals surface area (Å²) in [6.45, 7) is 8.27. The van der Waals surface area contributed by atoms with Crippen LogP contribution in [0.4, 0.5) is 13.2 Å². The normalized spacial score (nSPS) is 14.3. The summed E-state index contributed by atoms with van der Waals surface area (Å²) in [5.41, 5.74) is 0.696. The Hall–Kier alpha value is -1.53. The minimum absolute atomic E-state index is 0.0105. The summed E-state index contributed by atoms with van der Waals surface area (Å²) in [4.78, 5) is 22.8. The number of allylic oxidation sites excluding steroid dienone is 1. The summed E-state index contributed by atoms with van der Waals surface area (Å²) in [6.07, 6.45) is -5.34. The van der Waals surface area contributed by atoms with E-state index in [1.165, 1.54) is 13.8 Å². The number of ether oxygens (including phenoxy) is 1. The lowest BCUT2D eigenvalue weighted by Gasteiger charge is -2.22. The third kappa shape index (κ3) is 7.16. The number of halogens is 3. The molecule has 1 amide bonds. The fourth-order valence-electron chi connectivity index (χ4n) is 1.56. The highest BCUT2D eigenvalue weighted by Gasteiger charge is 2.42. The Morgan fingerprint density at radius 3 is 2.25 bits per heavy atom. The van der Waals surface area contributed by atoms with Gasteiger partial charge in [-0.05, 0) is 20.3 Å². The molecule has 0 spiro atoms. The fourth-order valence-corrected chi connectivity index (χ4v) is 1.56. The topological polar surface area (TPSA) is 55.4 Å². The van der Waals surface area contributed by atoms with Crippen molar-refractivity contribution in [3.05, 3.63) is 12.2 Å². The minimum atomic E-state index is -4.70. The molecule has 7 heteroatoms. The van der Waals surface area contributed by atoms with Crippen LogP contribution in [0.25, 0.3) is 0 Å². The maximum absolute atomic E-state index is 12.8. The first-order valence-electron chi connectivity index (χ1n) is 6.25. The van der Waals surface area contributed by atoms with Gasteiger partial charge in [0.15, 0.2) is 0 Å². The summed E-state index contributed by atoms with van der Waals surface area (Å²) < 4.78 is 42.8. The van der Waals surface area contributed by atoms with Crippen molar-refractivity contribution in [3.8, 4) is 0 Å². The van der Waals surface area contributed by atoms with E-state index in [4.69, 9.17) is 0 Å². The Balaban J connectivity index is 4.70. The zero-order valence-corrected chi connectivity index (χ0v) is 11.8. The van der Waals surface area contributed by atoms with Crippen molar-refractivity contribution in [1.82, 2.24) is 5.32 Å². The van der Waals surface area contributed by atoms with Crippen molar-refractivity contribution in [2.45, 2.75) is 45.8 Å². The van der Waals surface area contributed by atoms with Crippen LogP contribution in [0.15, 0.2) is 12.2 Å². The second-order valence-electron chi connectivity index (χ2n) is 4.67. The average Bonchev–Trinajstić information content (AvgIpc) is 2.25. The molecule has 0 saturated heterocycles. The maximum atomic E-state index is 12.8. The van der Waals surface area contributed by atoms with Crippen LogP contribution in [-0.4, -0.2) is 30.7 Å². The average molecular weight is 295 g/mol. The number of hydrogen-bond donors (Lipinski definition) is 1. The van der Waals surface area contributed by atoms with Crippen molar-refractivity contribution >= 4 is 11.9 Å². The van der Waals surface area contributed by atoms with Crippen molar-refractivity contribution in [2.75, 3.05) is 6.61 Å². The molecular weight excluding hydrogens is 275 g/mol. The Morgan fingerprint density at radius 1 is 1.30 bits per heavy atom. The molecule has 2 atom stereocenters. The number of hydrogen-bond acceptors (Lipinski definition) is 3. The van der Waals surface area contributed by atoms with E-state index in [9.17, 15) is 22.8 Å². The zero-order valence-electron chi connectivity index (χ0n) is 11.8. The first kappa shape index (κ1) is 18.5. The molecule has 0 radical (unpaired) electrons. The van der Waals surface area contributed by atoms with Gasteiger partial charge < -0.3 is 10.1 Å². The van der Waals surface area contributed by atoms with E-state index < -0.39 is 36.4 Å². The Morgan fingerprint density at radius 2 is 1.85 bits per heavy atom. The minimum Gasteiger partial charge on any atom is -0.466 e. The molecule has 0 aromatic heterocycles. The summed E-state index contributed by atoms with van der Waals surface area (Å²) in [7, 11) is 0. The second kappa shape index (κ2) is 7.91. The SMILES string of the molecule is C=C(C)CC(C)C(=O)NC(CC(=O)OCC)C(F)(F)F. The molecule has 4 nitrogen and oxygen atoms in total. The number of esters is 1. The zero-order chi connectivity index (χ0) is 15.9. The lowest BCUT2D eigenvalue weighted by molar-refractivity contribution is -0.172. The molecule has 0 aromatic rings. The van der Waals surface area contributed by atoms with Gasteiger partial charge in [-0.15, -0.1) is 6.58 Å². The first-order valence-corrected chi connectivity index (χ1v) is 6.25. The molecule has 116 valence electrons. The quantitative estimate of drug-likeness (QED) is 0.580. The molecule has 0 bridgehead atoms. The number of amides is 1. The third-order valence-corrected chi connectivity index (χ3v) is 2.49. The lowest BCUT2D eigenvalue weighted by Crippen LogP contribution is -2.48. The number of alkyl halides is 3. The maximum Gasteiger partial charge on any atom is 0.409 e. The van der Waals surface area contributed by atoms with Gasteiger partial charge in [-0.1, -0.05) is 12.5 Å². The van der Waals surface area contributed by atoms with Crippen LogP contribution in [0.5, 0.6) is 0 Å². The highest BCUT2D eigenvalue weighted by molar-refractivity contribution is 5.80. The van der Waals surface area contributed by atoms with Gasteiger partial charge in [-0.25, -0.2) is 0 Å². The van der Waals surface area contributed by atoms with Crippen LogP contribution in [0.2, 0.25) is 0 Å². The standard InChI is InChI=1S/C13H20F3NO3/c1-5-20-11(18)7-10(13(14,15)16)17-12(19)9(4)6-8(2)3/h9-10H,2,5-7H2,1,3-4H3,(H,17,19). The van der Waals surface area contributed by atoms with Crippen molar-refractivity contribution in [3.63, 3.8) is 0 Å². The van der Waals surface area contributed by atoms with Crippen LogP contribution in [0.1, 0.15) is 33.6 Å². The molecule has 1 N–H and O–H groups in total. The van der Waals surface area contributed by atoms with Gasteiger partial charge in [0.25, 0.3) is 0 Å². The van der Waals surface area contributed by atoms with Crippen molar-refractivity contribution in [2.24, 2.45) is 5.92 Å². The van der Waals surface area contributed by atoms with Crippen LogP contribution in [0, 0.1) is 5.92 Å². The Kier molecular flexibility index (Phi) is 7.31. The molecule has 0 aromatic carbocycles. The molecule has 0 rings (SSSR count). The van der Waals surface area contributed by atoms with E-state index in [1.807, 2.05) is 5.32 Å². The number of carbonyl (C=O) groups is 2. The van der Waals surface area contributed by atoms with Gasteiger partial charge in [-0.3, -0.25) is 9.59 Å². The van der Waals surface area contributed by atoms with Crippen LogP contribution in [0.3, 0.4) is 0 Å². The number of nitrogens with one attached hydrogen (secondary N) is 1. The Labute approximate surface area is 116 Å². The second-order valence-corrected chi connectivity index (χ2v) is 4.67. The molecular formula is C13H20F3NO3. The summed E-state index contributed by atoms with van der Waals surface area (Å²) >= 11 is 0. The smallest absolute Gasteiger partial charge is 0.409 e. The van der Waals surface area contributed by atoms with Gasteiger partial charge in [-0.2, -0.15) is 13.2 Å². The van der Waals surface area contributed by atoms with Gasteiger partial charge >= 0.3 is 12.1 Å². The molecule has 20 heavy (non-hydrogen) atoms. The van der Waals surface area contributed by atoms with E-state index in [0.717, 1.165) is 0 Å². The number of carbonyl (C=O) groups excluding carboxylic acids is 2. The largest absolute Gasteiger partial charge is 0.466 e. The molecule has 2 unspecified atom stereocenters. The third-order valence-electron chi connectivity index (χ3n) is 2.49. The molecule has 0 heterocycles. The highest BCUT2D eigenvalue weighted by Crippen LogP contribution is 2.23. The fraction of sp³-hybridized carbons (Fsp3) is 0.692. The van der Waals surface area contributed by atoms with E-state index in [2.05, 4.69) is 11.3 Å². The van der Waals surface area contributed by atoms with E-state index >= 15 is 0 Å². The van der Waals surface area contributed by atoms with Gasteiger partial charge in [0.05, 0.1) is 13.0 Å². The Bertz CT molecular complexity index is 366. The van der Waals surface area contributed by atoms with E-state index in [1.54, 1.807) is 6.92 Å². The van der Waals surface area contributed by atoms with E-state index in [-0.39, 0.29) is 13.0 Å². The van der Waals surface area contributed by atoms with Gasteiger partial charge in [0, 0.05) is 5.92 Å². The van der Waals surface area contributed by atoms with Gasteiger partial charge in [0.2, 0.25) is 5.91 Å². The highest BCUT2D eigenvalue weighted by atomic mass is 19.4. The monoisotopic (exact) mass is 295 g/mol. The lowest BCUT2D eigenvalue weighted by atomic mass is 10.0. The molecule has 0 fully saturated rings. The summed E-state index contributed by atoms with van der Waals surface area (Å²) in [5, 5.41) is 1.85. The van der Waals surface area contributed by atoms with Crippen LogP contribution in [-0.2, 0) is 14.3 Å². The summed E-state index contributed by atoms with van der Waals surface area (Å²) in [5.74, 6) is -2.40. The molecule has 0 aliphatic rings. The van der Waals surface area contributed by atoms with Crippen molar-refractivity contribution in [1.29, 1.82) is 0 Å². The number of rotatable bonds is 7. The molecule has 0 aliphatic carbocycles. The molecule has 0 aliphatic heterocycles. The van der Waals surface area contributed by atoms with E-state index in [0.29, 0.717) is 5.57 Å². The first-order chi connectivity index (χ1) is 9.07. The van der Waals surface area contributed by atoms with Crippen LogP contribution < -0.4 is 5.32 Å². The van der Waals surface area contributed by atoms with Crippen LogP contribution >= 0.6 is 0 Å². The predicted molar refractivity (Wildman–Crippen MR) is 67.8 cm³/mol.